The van der Waals surface area contributed by atoms with Crippen molar-refractivity contribution in [1.29, 1.82) is 0 Å². The van der Waals surface area contributed by atoms with Crippen LogP contribution in [0.5, 0.6) is 11.5 Å². The molecule has 0 atom stereocenters. The molecule has 5 heteroatoms. The summed E-state index contributed by atoms with van der Waals surface area (Å²) in [6, 6.07) is 5.59. The maximum absolute atomic E-state index is 10.8. The number of hydrazone groups is 1. The van der Waals surface area contributed by atoms with Crippen molar-refractivity contribution in [3.63, 3.8) is 0 Å². The van der Waals surface area contributed by atoms with Crippen LogP contribution in [-0.2, 0) is 4.79 Å². The van der Waals surface area contributed by atoms with Crippen LogP contribution in [0.4, 0.5) is 0 Å². The maximum atomic E-state index is 10.8. The number of nitrogens with zero attached hydrogens (tertiary/aromatic N) is 1. The van der Waals surface area contributed by atoms with E-state index in [1.54, 1.807) is 13.3 Å². The summed E-state index contributed by atoms with van der Waals surface area (Å²) in [5.74, 6) is 1.25. The highest BCUT2D eigenvalue weighted by Crippen LogP contribution is 2.32. The molecule has 0 saturated heterocycles. The van der Waals surface area contributed by atoms with Crippen molar-refractivity contribution in [2.45, 2.75) is 38.7 Å². The van der Waals surface area contributed by atoms with E-state index in [0.29, 0.717) is 5.75 Å². The highest BCUT2D eigenvalue weighted by molar-refractivity contribution is 5.82. The molecule has 0 aromatic heterocycles. The minimum Gasteiger partial charge on any atom is -0.493 e. The molecular weight excluding hydrogens is 256 g/mol. The lowest BCUT2D eigenvalue weighted by molar-refractivity contribution is -0.118. The van der Waals surface area contributed by atoms with Crippen LogP contribution in [0.15, 0.2) is 23.3 Å². The third-order valence-electron chi connectivity index (χ3n) is 3.22. The molecule has 1 saturated carbocycles. The number of hydrogen-bond acceptors (Lipinski definition) is 4. The van der Waals surface area contributed by atoms with Crippen LogP contribution in [0, 0.1) is 0 Å². The number of hydrogen-bond donors (Lipinski definition) is 1. The van der Waals surface area contributed by atoms with Crippen LogP contribution >= 0.6 is 0 Å². The van der Waals surface area contributed by atoms with Gasteiger partial charge in [0.2, 0.25) is 5.91 Å². The number of ether oxygens (including phenoxy) is 2. The van der Waals surface area contributed by atoms with Crippen molar-refractivity contribution in [1.82, 2.24) is 5.43 Å². The van der Waals surface area contributed by atoms with Gasteiger partial charge in [0.1, 0.15) is 0 Å². The Balaban J connectivity index is 2.10. The van der Waals surface area contributed by atoms with E-state index in [-0.39, 0.29) is 12.0 Å². The lowest BCUT2D eigenvalue weighted by atomic mass is 10.2. The van der Waals surface area contributed by atoms with E-state index >= 15 is 0 Å². The summed E-state index contributed by atoms with van der Waals surface area (Å²) in [4.78, 5) is 10.8. The Hall–Kier alpha value is -2.04. The Bertz CT molecular complexity index is 494. The molecule has 20 heavy (non-hydrogen) atoms. The van der Waals surface area contributed by atoms with E-state index in [2.05, 4.69) is 10.5 Å². The first kappa shape index (κ1) is 14.4. The molecule has 1 amide bonds. The van der Waals surface area contributed by atoms with Crippen molar-refractivity contribution in [2.24, 2.45) is 5.10 Å². The van der Waals surface area contributed by atoms with Gasteiger partial charge in [-0.1, -0.05) is 0 Å². The summed E-state index contributed by atoms with van der Waals surface area (Å²) in [6.45, 7) is 1.42. The van der Waals surface area contributed by atoms with E-state index in [0.717, 1.165) is 24.2 Å². The third-order valence-corrected chi connectivity index (χ3v) is 3.22. The smallest absolute Gasteiger partial charge is 0.236 e. The summed E-state index contributed by atoms with van der Waals surface area (Å²) in [7, 11) is 1.63. The van der Waals surface area contributed by atoms with Crippen molar-refractivity contribution in [2.75, 3.05) is 7.11 Å². The van der Waals surface area contributed by atoms with Crippen LogP contribution in [0.2, 0.25) is 0 Å². The molecule has 0 bridgehead atoms. The van der Waals surface area contributed by atoms with Crippen LogP contribution in [0.3, 0.4) is 0 Å². The van der Waals surface area contributed by atoms with E-state index in [1.165, 1.54) is 19.8 Å². The van der Waals surface area contributed by atoms with Gasteiger partial charge in [0.15, 0.2) is 11.5 Å². The number of rotatable bonds is 5. The summed E-state index contributed by atoms with van der Waals surface area (Å²) in [6.07, 6.45) is 6.47. The summed E-state index contributed by atoms with van der Waals surface area (Å²) >= 11 is 0. The van der Waals surface area contributed by atoms with Gasteiger partial charge in [0.25, 0.3) is 0 Å². The molecule has 1 aliphatic carbocycles. The second kappa shape index (κ2) is 6.93. The van der Waals surface area contributed by atoms with Crippen molar-refractivity contribution < 1.29 is 14.3 Å². The van der Waals surface area contributed by atoms with Gasteiger partial charge >= 0.3 is 0 Å². The Labute approximate surface area is 119 Å². The van der Waals surface area contributed by atoms with Crippen molar-refractivity contribution >= 4 is 12.1 Å². The molecule has 0 heterocycles. The molecular formula is C15H20N2O3. The van der Waals surface area contributed by atoms with E-state index in [4.69, 9.17) is 9.47 Å². The second-order valence-electron chi connectivity index (χ2n) is 4.86. The number of carbonyl (C=O) groups excluding carboxylic acids is 1. The number of nitrogens with one attached hydrogen (secondary N) is 1. The minimum atomic E-state index is -0.197. The lowest BCUT2D eigenvalue weighted by Gasteiger charge is -2.16. The molecule has 0 aliphatic heterocycles. The van der Waals surface area contributed by atoms with E-state index in [9.17, 15) is 4.79 Å². The molecule has 2 rings (SSSR count). The lowest BCUT2D eigenvalue weighted by Crippen LogP contribution is -2.13. The molecule has 0 radical (unpaired) electrons. The number of methoxy groups -OCH3 is 1. The van der Waals surface area contributed by atoms with Gasteiger partial charge in [-0.05, 0) is 49.4 Å². The molecule has 1 aromatic rings. The van der Waals surface area contributed by atoms with Crippen molar-refractivity contribution in [3.8, 4) is 11.5 Å². The summed E-state index contributed by atoms with van der Waals surface area (Å²) < 4.78 is 11.3. The molecule has 108 valence electrons. The van der Waals surface area contributed by atoms with Crippen molar-refractivity contribution in [3.05, 3.63) is 23.8 Å². The van der Waals surface area contributed by atoms with E-state index < -0.39 is 0 Å². The number of amides is 1. The molecule has 1 aliphatic rings. The molecule has 1 N–H and O–H groups in total. The maximum Gasteiger partial charge on any atom is 0.236 e. The molecule has 0 spiro atoms. The Kier molecular flexibility index (Phi) is 4.98. The van der Waals surface area contributed by atoms with Crippen LogP contribution in [0.25, 0.3) is 0 Å². The fourth-order valence-corrected chi connectivity index (χ4v) is 2.25. The third kappa shape index (κ3) is 3.98. The summed E-state index contributed by atoms with van der Waals surface area (Å²) in [5, 5.41) is 3.85. The van der Waals surface area contributed by atoms with Gasteiger partial charge in [0.05, 0.1) is 19.4 Å². The number of carbonyl (C=O) groups is 1. The molecule has 5 nitrogen and oxygen atoms in total. The number of benzene rings is 1. The average Bonchev–Trinajstić information content (AvgIpc) is 2.91. The van der Waals surface area contributed by atoms with Gasteiger partial charge < -0.3 is 9.47 Å². The topological polar surface area (TPSA) is 59.9 Å². The van der Waals surface area contributed by atoms with Gasteiger partial charge in [-0.3, -0.25) is 4.79 Å². The standard InChI is InChI=1S/C15H20N2O3/c1-11(18)17-16-10-12-7-8-14(19-2)15(9-12)20-13-5-3-4-6-13/h7-10,13H,3-6H2,1-2H3,(H,17,18). The first-order valence-corrected chi connectivity index (χ1v) is 6.83. The first-order chi connectivity index (χ1) is 9.69. The predicted octanol–water partition coefficient (Wildman–Crippen LogP) is 2.49. The fraction of sp³-hybridized carbons (Fsp3) is 0.467. The zero-order chi connectivity index (χ0) is 14.4. The molecule has 0 unspecified atom stereocenters. The predicted molar refractivity (Wildman–Crippen MR) is 77.3 cm³/mol. The quantitative estimate of drug-likeness (QED) is 0.664. The zero-order valence-electron chi connectivity index (χ0n) is 11.9. The first-order valence-electron chi connectivity index (χ1n) is 6.83. The molecule has 1 fully saturated rings. The highest BCUT2D eigenvalue weighted by Gasteiger charge is 2.18. The van der Waals surface area contributed by atoms with Gasteiger partial charge in [-0.15, -0.1) is 0 Å². The summed E-state index contributed by atoms with van der Waals surface area (Å²) in [5.41, 5.74) is 3.23. The average molecular weight is 276 g/mol. The highest BCUT2D eigenvalue weighted by atomic mass is 16.5. The monoisotopic (exact) mass is 276 g/mol. The van der Waals surface area contributed by atoms with Gasteiger partial charge in [-0.25, -0.2) is 5.43 Å². The Morgan fingerprint density at radius 2 is 2.10 bits per heavy atom. The van der Waals surface area contributed by atoms with Gasteiger partial charge in [0, 0.05) is 6.92 Å². The SMILES string of the molecule is COc1ccc(C=NNC(C)=O)cc1OC1CCCC1. The van der Waals surface area contributed by atoms with Crippen LogP contribution < -0.4 is 14.9 Å². The van der Waals surface area contributed by atoms with E-state index in [1.807, 2.05) is 18.2 Å². The van der Waals surface area contributed by atoms with Crippen LogP contribution in [0.1, 0.15) is 38.2 Å². The van der Waals surface area contributed by atoms with Gasteiger partial charge in [-0.2, -0.15) is 5.10 Å². The Morgan fingerprint density at radius 3 is 2.75 bits per heavy atom. The molecule has 1 aromatic carbocycles. The Morgan fingerprint density at radius 1 is 1.35 bits per heavy atom. The second-order valence-corrected chi connectivity index (χ2v) is 4.86. The van der Waals surface area contributed by atoms with Crippen LogP contribution in [-0.4, -0.2) is 25.3 Å². The largest absolute Gasteiger partial charge is 0.493 e. The zero-order valence-corrected chi connectivity index (χ0v) is 11.9. The fourth-order valence-electron chi connectivity index (χ4n) is 2.25. The minimum absolute atomic E-state index is 0.197. The normalized spacial score (nSPS) is 15.5.